The molecule has 0 aliphatic heterocycles. The number of ether oxygens (including phenoxy) is 3. The predicted molar refractivity (Wildman–Crippen MR) is 52.2 cm³/mol. The first-order valence-electron chi connectivity index (χ1n) is 4.63. The van der Waals surface area contributed by atoms with Crippen molar-refractivity contribution in [1.82, 2.24) is 5.32 Å². The van der Waals surface area contributed by atoms with Crippen LogP contribution in [0.5, 0.6) is 0 Å². The molecule has 0 radical (unpaired) electrons. The number of hydrogen-bond donors (Lipinski definition) is 1. The summed E-state index contributed by atoms with van der Waals surface area (Å²) in [6.07, 6.45) is 0.820. The summed E-state index contributed by atoms with van der Waals surface area (Å²) in [5.41, 5.74) is 0. The third-order valence-electron chi connectivity index (χ3n) is 1.51. The van der Waals surface area contributed by atoms with Crippen molar-refractivity contribution < 1.29 is 19.0 Å². The standard InChI is InChI=1S/C9H19NO4/c1-12-5-3-4-10-9(11)8-14-7-6-13-2/h3-8H2,1-2H3,(H,10,11). The van der Waals surface area contributed by atoms with Gasteiger partial charge in [-0.1, -0.05) is 0 Å². The maximum Gasteiger partial charge on any atom is 0.246 e. The van der Waals surface area contributed by atoms with Crippen LogP contribution in [0.15, 0.2) is 0 Å². The number of rotatable bonds is 9. The first-order chi connectivity index (χ1) is 6.81. The molecular formula is C9H19NO4. The molecule has 0 spiro atoms. The van der Waals surface area contributed by atoms with Crippen LogP contribution in [0.25, 0.3) is 0 Å². The Morgan fingerprint density at radius 1 is 1.14 bits per heavy atom. The highest BCUT2D eigenvalue weighted by molar-refractivity contribution is 5.77. The summed E-state index contributed by atoms with van der Waals surface area (Å²) in [6, 6.07) is 0. The van der Waals surface area contributed by atoms with E-state index in [2.05, 4.69) is 5.32 Å². The van der Waals surface area contributed by atoms with Crippen molar-refractivity contribution in [3.05, 3.63) is 0 Å². The van der Waals surface area contributed by atoms with Crippen LogP contribution in [0.1, 0.15) is 6.42 Å². The Balaban J connectivity index is 3.11. The Morgan fingerprint density at radius 2 is 1.86 bits per heavy atom. The summed E-state index contributed by atoms with van der Waals surface area (Å²) in [5, 5.41) is 2.71. The average molecular weight is 205 g/mol. The highest BCUT2D eigenvalue weighted by atomic mass is 16.5. The summed E-state index contributed by atoms with van der Waals surface area (Å²) in [6.45, 7) is 2.33. The zero-order valence-corrected chi connectivity index (χ0v) is 8.88. The summed E-state index contributed by atoms with van der Waals surface area (Å²) < 4.78 is 14.6. The van der Waals surface area contributed by atoms with Crippen LogP contribution in [-0.2, 0) is 19.0 Å². The Morgan fingerprint density at radius 3 is 2.50 bits per heavy atom. The average Bonchev–Trinajstić information content (AvgIpc) is 2.19. The molecule has 0 bridgehead atoms. The zero-order valence-electron chi connectivity index (χ0n) is 8.88. The molecule has 0 atom stereocenters. The lowest BCUT2D eigenvalue weighted by atomic mass is 10.4. The Bertz CT molecular complexity index is 127. The fraction of sp³-hybridized carbons (Fsp3) is 0.889. The van der Waals surface area contributed by atoms with E-state index in [1.807, 2.05) is 0 Å². The van der Waals surface area contributed by atoms with E-state index in [-0.39, 0.29) is 12.5 Å². The van der Waals surface area contributed by atoms with Crippen LogP contribution < -0.4 is 5.32 Å². The molecule has 0 rings (SSSR count). The van der Waals surface area contributed by atoms with Crippen LogP contribution in [0.2, 0.25) is 0 Å². The van der Waals surface area contributed by atoms with E-state index in [0.29, 0.717) is 26.4 Å². The lowest BCUT2D eigenvalue weighted by molar-refractivity contribution is -0.126. The van der Waals surface area contributed by atoms with Gasteiger partial charge in [-0.15, -0.1) is 0 Å². The van der Waals surface area contributed by atoms with Gasteiger partial charge in [-0.25, -0.2) is 0 Å². The van der Waals surface area contributed by atoms with E-state index >= 15 is 0 Å². The molecular weight excluding hydrogens is 186 g/mol. The van der Waals surface area contributed by atoms with E-state index in [4.69, 9.17) is 14.2 Å². The molecule has 0 aliphatic rings. The van der Waals surface area contributed by atoms with Gasteiger partial charge in [0.05, 0.1) is 13.2 Å². The van der Waals surface area contributed by atoms with Crippen LogP contribution in [0.4, 0.5) is 0 Å². The molecule has 5 nitrogen and oxygen atoms in total. The van der Waals surface area contributed by atoms with E-state index in [1.165, 1.54) is 0 Å². The molecule has 0 aromatic rings. The first kappa shape index (κ1) is 13.4. The van der Waals surface area contributed by atoms with Crippen molar-refractivity contribution in [2.24, 2.45) is 0 Å². The summed E-state index contributed by atoms with van der Waals surface area (Å²) in [7, 11) is 3.23. The highest BCUT2D eigenvalue weighted by Gasteiger charge is 1.99. The second-order valence-electron chi connectivity index (χ2n) is 2.74. The third-order valence-corrected chi connectivity index (χ3v) is 1.51. The molecule has 1 amide bonds. The molecule has 0 heterocycles. The molecule has 1 N–H and O–H groups in total. The van der Waals surface area contributed by atoms with Gasteiger partial charge in [0, 0.05) is 27.4 Å². The fourth-order valence-corrected chi connectivity index (χ4v) is 0.802. The molecule has 0 unspecified atom stereocenters. The Kier molecular flexibility index (Phi) is 9.95. The molecule has 0 fully saturated rings. The van der Waals surface area contributed by atoms with Gasteiger partial charge in [-0.3, -0.25) is 4.79 Å². The first-order valence-corrected chi connectivity index (χ1v) is 4.63. The molecule has 0 saturated carbocycles. The fourth-order valence-electron chi connectivity index (χ4n) is 0.802. The highest BCUT2D eigenvalue weighted by Crippen LogP contribution is 1.79. The topological polar surface area (TPSA) is 56.8 Å². The van der Waals surface area contributed by atoms with Gasteiger partial charge in [0.1, 0.15) is 6.61 Å². The van der Waals surface area contributed by atoms with Crippen LogP contribution >= 0.6 is 0 Å². The van der Waals surface area contributed by atoms with Crippen LogP contribution in [-0.4, -0.2) is 53.1 Å². The van der Waals surface area contributed by atoms with Gasteiger partial charge < -0.3 is 19.5 Å². The van der Waals surface area contributed by atoms with Gasteiger partial charge in [-0.2, -0.15) is 0 Å². The van der Waals surface area contributed by atoms with Crippen molar-refractivity contribution in [3.63, 3.8) is 0 Å². The van der Waals surface area contributed by atoms with Crippen molar-refractivity contribution in [2.75, 3.05) is 47.2 Å². The smallest absolute Gasteiger partial charge is 0.246 e. The predicted octanol–water partition coefficient (Wildman–Crippen LogP) is -0.198. The minimum Gasteiger partial charge on any atom is -0.385 e. The van der Waals surface area contributed by atoms with E-state index < -0.39 is 0 Å². The van der Waals surface area contributed by atoms with Gasteiger partial charge >= 0.3 is 0 Å². The molecule has 84 valence electrons. The molecule has 5 heteroatoms. The monoisotopic (exact) mass is 205 g/mol. The van der Waals surface area contributed by atoms with Crippen molar-refractivity contribution in [2.45, 2.75) is 6.42 Å². The normalized spacial score (nSPS) is 10.1. The molecule has 14 heavy (non-hydrogen) atoms. The van der Waals surface area contributed by atoms with E-state index in [9.17, 15) is 4.79 Å². The zero-order chi connectivity index (χ0) is 10.6. The Labute approximate surface area is 84.7 Å². The summed E-state index contributed by atoms with van der Waals surface area (Å²) in [4.78, 5) is 11.1. The quantitative estimate of drug-likeness (QED) is 0.530. The van der Waals surface area contributed by atoms with Gasteiger partial charge in [0.2, 0.25) is 5.91 Å². The number of amides is 1. The van der Waals surface area contributed by atoms with Crippen molar-refractivity contribution in [1.29, 1.82) is 0 Å². The number of carbonyl (C=O) groups is 1. The van der Waals surface area contributed by atoms with Crippen molar-refractivity contribution >= 4 is 5.91 Å². The van der Waals surface area contributed by atoms with Crippen LogP contribution in [0, 0.1) is 0 Å². The second kappa shape index (κ2) is 10.4. The van der Waals surface area contributed by atoms with Gasteiger partial charge in [-0.05, 0) is 6.42 Å². The van der Waals surface area contributed by atoms with E-state index in [1.54, 1.807) is 14.2 Å². The lowest BCUT2D eigenvalue weighted by Gasteiger charge is -2.05. The SMILES string of the molecule is COCCCNC(=O)COCCOC. The minimum atomic E-state index is -0.0998. The summed E-state index contributed by atoms with van der Waals surface area (Å²) in [5.74, 6) is -0.0998. The van der Waals surface area contributed by atoms with Crippen molar-refractivity contribution in [3.8, 4) is 0 Å². The molecule has 0 aromatic heterocycles. The van der Waals surface area contributed by atoms with Gasteiger partial charge in [0.25, 0.3) is 0 Å². The maximum absolute atomic E-state index is 11.1. The molecule has 0 aromatic carbocycles. The maximum atomic E-state index is 11.1. The molecule has 0 aliphatic carbocycles. The lowest BCUT2D eigenvalue weighted by Crippen LogP contribution is -2.29. The third kappa shape index (κ3) is 9.44. The second-order valence-corrected chi connectivity index (χ2v) is 2.74. The summed E-state index contributed by atoms with van der Waals surface area (Å²) >= 11 is 0. The van der Waals surface area contributed by atoms with Crippen LogP contribution in [0.3, 0.4) is 0 Å². The largest absolute Gasteiger partial charge is 0.385 e. The van der Waals surface area contributed by atoms with E-state index in [0.717, 1.165) is 6.42 Å². The number of carbonyl (C=O) groups excluding carboxylic acids is 1. The molecule has 0 saturated heterocycles. The number of hydrogen-bond acceptors (Lipinski definition) is 4. The van der Waals surface area contributed by atoms with Gasteiger partial charge in [0.15, 0.2) is 0 Å². The number of methoxy groups -OCH3 is 2. The number of nitrogens with one attached hydrogen (secondary N) is 1. The Hall–Kier alpha value is -0.650. The minimum absolute atomic E-state index is 0.0936.